The number of piperidine rings is 1. The van der Waals surface area contributed by atoms with Crippen LogP contribution in [0.15, 0.2) is 24.3 Å². The van der Waals surface area contributed by atoms with Crippen LogP contribution in [0, 0.1) is 0 Å². The summed E-state index contributed by atoms with van der Waals surface area (Å²) in [5, 5.41) is 8.36. The van der Waals surface area contributed by atoms with E-state index in [1.165, 1.54) is 0 Å². The van der Waals surface area contributed by atoms with Gasteiger partial charge in [0, 0.05) is 29.6 Å². The molecule has 0 unspecified atom stereocenters. The zero-order chi connectivity index (χ0) is 17.3. The molecule has 4 N–H and O–H groups in total. The molecule has 5 nitrogen and oxygen atoms in total. The molecule has 0 aromatic heterocycles. The predicted molar refractivity (Wildman–Crippen MR) is 91.3 cm³/mol. The van der Waals surface area contributed by atoms with Crippen molar-refractivity contribution in [1.82, 2.24) is 5.32 Å². The minimum Gasteiger partial charge on any atom is -0.345 e. The van der Waals surface area contributed by atoms with E-state index in [0.29, 0.717) is 10.7 Å². The van der Waals surface area contributed by atoms with E-state index in [-0.39, 0.29) is 17.1 Å². The van der Waals surface area contributed by atoms with Gasteiger partial charge in [0.25, 0.3) is 0 Å². The van der Waals surface area contributed by atoms with Crippen LogP contribution >= 0.6 is 11.6 Å². The number of hydrogen-bond donors (Lipinski definition) is 3. The molecule has 0 saturated carbocycles. The molecule has 0 aliphatic carbocycles. The summed E-state index contributed by atoms with van der Waals surface area (Å²) in [6.07, 6.45) is 1.66. The van der Waals surface area contributed by atoms with Crippen molar-refractivity contribution >= 4 is 29.1 Å². The quantitative estimate of drug-likeness (QED) is 0.718. The van der Waals surface area contributed by atoms with Crippen molar-refractivity contribution in [2.24, 2.45) is 0 Å². The molecule has 1 heterocycles. The number of quaternary nitrogens is 1. The Morgan fingerprint density at radius 1 is 1.04 bits per heavy atom. The predicted octanol–water partition coefficient (Wildman–Crippen LogP) is 1.68. The number of nitrogens with two attached hydrogens (primary N) is 1. The molecule has 1 fully saturated rings. The van der Waals surface area contributed by atoms with Crippen LogP contribution in [0.4, 0.5) is 5.69 Å². The van der Waals surface area contributed by atoms with E-state index in [4.69, 9.17) is 11.6 Å². The molecule has 0 bridgehead atoms. The Morgan fingerprint density at radius 2 is 1.57 bits per heavy atom. The molecule has 6 heteroatoms. The van der Waals surface area contributed by atoms with E-state index in [2.05, 4.69) is 43.6 Å². The molecule has 0 atom stereocenters. The summed E-state index contributed by atoms with van der Waals surface area (Å²) in [5.41, 5.74) is 0.616. The summed E-state index contributed by atoms with van der Waals surface area (Å²) in [7, 11) is 0. The van der Waals surface area contributed by atoms with E-state index in [1.807, 2.05) is 0 Å². The van der Waals surface area contributed by atoms with Crippen molar-refractivity contribution in [2.75, 3.05) is 5.32 Å². The molecule has 1 aliphatic heterocycles. The lowest BCUT2D eigenvalue weighted by Gasteiger charge is -2.43. The fraction of sp³-hybridized carbons (Fsp3) is 0.529. The minimum absolute atomic E-state index is 0.00605. The number of anilines is 1. The van der Waals surface area contributed by atoms with Crippen LogP contribution in [0.25, 0.3) is 0 Å². The number of carbonyl (C=O) groups is 2. The summed E-state index contributed by atoms with van der Waals surface area (Å²) in [6.45, 7) is 8.61. The van der Waals surface area contributed by atoms with Crippen LogP contribution in [0.1, 0.15) is 40.5 Å². The maximum atomic E-state index is 12.1. The first-order chi connectivity index (χ1) is 10.6. The molecule has 1 aliphatic rings. The second kappa shape index (κ2) is 6.49. The normalized spacial score (nSPS) is 19.9. The Balaban J connectivity index is 1.95. The van der Waals surface area contributed by atoms with Crippen LogP contribution in [0.2, 0.25) is 5.02 Å². The maximum Gasteiger partial charge on any atom is 0.313 e. The van der Waals surface area contributed by atoms with Gasteiger partial charge < -0.3 is 16.0 Å². The first-order valence-corrected chi connectivity index (χ1v) is 8.19. The number of amides is 2. The van der Waals surface area contributed by atoms with Gasteiger partial charge in [-0.05, 0) is 52.0 Å². The largest absolute Gasteiger partial charge is 0.345 e. The highest BCUT2D eigenvalue weighted by atomic mass is 35.5. The minimum atomic E-state index is -0.655. The van der Waals surface area contributed by atoms with Gasteiger partial charge >= 0.3 is 11.8 Å². The Kier molecular flexibility index (Phi) is 5.01. The van der Waals surface area contributed by atoms with E-state index in [9.17, 15) is 9.59 Å². The average Bonchev–Trinajstić information content (AvgIpc) is 2.37. The van der Waals surface area contributed by atoms with E-state index < -0.39 is 11.8 Å². The van der Waals surface area contributed by atoms with E-state index in [1.54, 1.807) is 24.3 Å². The summed E-state index contributed by atoms with van der Waals surface area (Å²) in [5.74, 6) is -1.25. The maximum absolute atomic E-state index is 12.1. The Morgan fingerprint density at radius 3 is 2.09 bits per heavy atom. The summed E-state index contributed by atoms with van der Waals surface area (Å²) >= 11 is 5.80. The number of nitrogens with one attached hydrogen (secondary N) is 2. The second-order valence-corrected chi connectivity index (χ2v) is 8.10. The van der Waals surface area contributed by atoms with Gasteiger partial charge in [0.15, 0.2) is 0 Å². The van der Waals surface area contributed by atoms with Crippen molar-refractivity contribution in [3.8, 4) is 0 Å². The molecule has 126 valence electrons. The Labute approximate surface area is 142 Å². The third kappa shape index (κ3) is 5.22. The van der Waals surface area contributed by atoms with Crippen molar-refractivity contribution in [2.45, 2.75) is 57.7 Å². The van der Waals surface area contributed by atoms with Crippen molar-refractivity contribution < 1.29 is 14.9 Å². The highest BCUT2D eigenvalue weighted by molar-refractivity contribution is 6.39. The Bertz CT molecular complexity index is 580. The lowest BCUT2D eigenvalue weighted by atomic mass is 9.79. The smallest absolute Gasteiger partial charge is 0.313 e. The number of benzene rings is 1. The van der Waals surface area contributed by atoms with Crippen LogP contribution in [0.3, 0.4) is 0 Å². The van der Waals surface area contributed by atoms with Gasteiger partial charge in [-0.25, -0.2) is 0 Å². The first-order valence-electron chi connectivity index (χ1n) is 7.81. The monoisotopic (exact) mass is 338 g/mol. The Hall–Kier alpha value is -1.59. The van der Waals surface area contributed by atoms with E-state index in [0.717, 1.165) is 12.8 Å². The fourth-order valence-corrected chi connectivity index (χ4v) is 3.72. The first kappa shape index (κ1) is 17.8. The second-order valence-electron chi connectivity index (χ2n) is 7.66. The number of rotatable bonds is 2. The van der Waals surface area contributed by atoms with Gasteiger partial charge in [-0.2, -0.15) is 0 Å². The van der Waals surface area contributed by atoms with Crippen LogP contribution in [-0.2, 0) is 9.59 Å². The molecule has 23 heavy (non-hydrogen) atoms. The summed E-state index contributed by atoms with van der Waals surface area (Å²) < 4.78 is 0. The van der Waals surface area contributed by atoms with Crippen molar-refractivity contribution in [3.63, 3.8) is 0 Å². The van der Waals surface area contributed by atoms with Gasteiger partial charge in [-0.1, -0.05) is 11.6 Å². The highest BCUT2D eigenvalue weighted by Crippen LogP contribution is 2.21. The molecular formula is C17H25ClN3O2+. The van der Waals surface area contributed by atoms with E-state index >= 15 is 0 Å². The highest BCUT2D eigenvalue weighted by Gasteiger charge is 2.42. The zero-order valence-corrected chi connectivity index (χ0v) is 14.8. The zero-order valence-electron chi connectivity index (χ0n) is 14.1. The molecule has 1 aromatic rings. The molecule has 1 saturated heterocycles. The summed E-state index contributed by atoms with van der Waals surface area (Å²) in [6, 6.07) is 6.65. The average molecular weight is 339 g/mol. The topological polar surface area (TPSA) is 74.8 Å². The molecular weight excluding hydrogens is 314 g/mol. The third-order valence-corrected chi connectivity index (χ3v) is 4.22. The molecule has 1 aromatic carbocycles. The van der Waals surface area contributed by atoms with Gasteiger partial charge in [-0.15, -0.1) is 0 Å². The molecule has 2 rings (SSSR count). The molecule has 2 amide bonds. The molecule has 0 radical (unpaired) electrons. The van der Waals surface area contributed by atoms with Crippen LogP contribution in [0.5, 0.6) is 0 Å². The van der Waals surface area contributed by atoms with Gasteiger partial charge in [-0.3, -0.25) is 9.59 Å². The fourth-order valence-electron chi connectivity index (χ4n) is 3.59. The molecule has 0 spiro atoms. The van der Waals surface area contributed by atoms with Crippen molar-refractivity contribution in [1.29, 1.82) is 0 Å². The number of halogens is 1. The summed E-state index contributed by atoms with van der Waals surface area (Å²) in [4.78, 5) is 24.2. The van der Waals surface area contributed by atoms with Crippen molar-refractivity contribution in [3.05, 3.63) is 29.3 Å². The lowest BCUT2D eigenvalue weighted by molar-refractivity contribution is -0.787. The third-order valence-electron chi connectivity index (χ3n) is 3.97. The number of hydrogen-bond acceptors (Lipinski definition) is 2. The van der Waals surface area contributed by atoms with Gasteiger partial charge in [0.05, 0.1) is 11.1 Å². The van der Waals surface area contributed by atoms with Gasteiger partial charge in [0.2, 0.25) is 0 Å². The number of carbonyl (C=O) groups excluding carboxylic acids is 2. The van der Waals surface area contributed by atoms with Crippen LogP contribution < -0.4 is 16.0 Å². The standard InChI is InChI=1S/C17H24ClN3O2/c1-16(2)9-13(10-17(3,4)21-16)20-15(23)14(22)19-12-7-5-11(18)6-8-12/h5-8,13,21H,9-10H2,1-4H3,(H,19,22)(H,20,23)/p+1. The lowest BCUT2D eigenvalue weighted by Crippen LogP contribution is -3.06. The SMILES string of the molecule is CC1(C)CC(NC(=O)C(=O)Nc2ccc(Cl)cc2)CC(C)(C)[NH2+]1. The van der Waals surface area contributed by atoms with Gasteiger partial charge in [0.1, 0.15) is 0 Å². The van der Waals surface area contributed by atoms with Crippen LogP contribution in [-0.4, -0.2) is 28.9 Å².